The lowest BCUT2D eigenvalue weighted by molar-refractivity contribution is -0.150. The van der Waals surface area contributed by atoms with Crippen LogP contribution in [0, 0.1) is 0 Å². The number of nitrogens with one attached hydrogen (secondary N) is 1. The Hall–Kier alpha value is -3.97. The number of carboxylic acids is 1. The summed E-state index contributed by atoms with van der Waals surface area (Å²) >= 11 is 0. The molecule has 0 bridgehead atoms. The van der Waals surface area contributed by atoms with Crippen molar-refractivity contribution in [2.45, 2.75) is 199 Å². The number of amides is 1. The molecule has 0 aliphatic heterocycles. The Morgan fingerprint density at radius 2 is 0.900 bits per heavy atom. The zero-order valence-corrected chi connectivity index (χ0v) is 38.0. The van der Waals surface area contributed by atoms with Crippen LogP contribution in [0.2, 0.25) is 0 Å². The van der Waals surface area contributed by atoms with Crippen LogP contribution < -0.4 is 11.1 Å². The number of allylic oxidation sites excluding steroid dienone is 18. The lowest BCUT2D eigenvalue weighted by atomic mass is 10.0. The maximum atomic E-state index is 12.8. The van der Waals surface area contributed by atoms with Crippen molar-refractivity contribution >= 4 is 17.8 Å². The van der Waals surface area contributed by atoms with Gasteiger partial charge in [0.25, 0.3) is 0 Å². The predicted octanol–water partition coefficient (Wildman–Crippen LogP) is 14.0. The molecule has 0 aromatic carbocycles. The summed E-state index contributed by atoms with van der Waals surface area (Å²) in [6.45, 7) is 4.70. The van der Waals surface area contributed by atoms with E-state index in [-0.39, 0.29) is 18.0 Å². The van der Waals surface area contributed by atoms with Gasteiger partial charge in [0.1, 0.15) is 12.1 Å². The van der Waals surface area contributed by atoms with Gasteiger partial charge in [-0.1, -0.05) is 162 Å². The van der Waals surface area contributed by atoms with Crippen LogP contribution in [-0.4, -0.2) is 41.6 Å². The van der Waals surface area contributed by atoms with Crippen LogP contribution in [0.1, 0.15) is 187 Å². The van der Waals surface area contributed by atoms with Gasteiger partial charge >= 0.3 is 11.9 Å². The summed E-state index contributed by atoms with van der Waals surface area (Å²) in [5.41, 5.74) is 5.49. The van der Waals surface area contributed by atoms with Gasteiger partial charge in [0, 0.05) is 12.8 Å². The van der Waals surface area contributed by atoms with E-state index in [1.54, 1.807) is 0 Å². The number of rotatable bonds is 41. The van der Waals surface area contributed by atoms with E-state index < -0.39 is 12.0 Å². The van der Waals surface area contributed by atoms with E-state index in [2.05, 4.69) is 129 Å². The minimum Gasteiger partial charge on any atom is -0.480 e. The molecular weight excluding hydrogens is 745 g/mol. The average Bonchev–Trinajstić information content (AvgIpc) is 3.23. The van der Waals surface area contributed by atoms with E-state index in [0.29, 0.717) is 32.2 Å². The van der Waals surface area contributed by atoms with Crippen molar-refractivity contribution in [3.63, 3.8) is 0 Å². The number of hydrogen-bond donors (Lipinski definition) is 3. The van der Waals surface area contributed by atoms with Gasteiger partial charge < -0.3 is 20.9 Å². The minimum absolute atomic E-state index is 0.0823. The Morgan fingerprint density at radius 3 is 1.38 bits per heavy atom. The molecule has 7 nitrogen and oxygen atoms in total. The van der Waals surface area contributed by atoms with Crippen molar-refractivity contribution < 1.29 is 24.2 Å². The standard InChI is InChI=1S/C53H86N2O5/c1-3-5-7-9-11-13-15-17-18-19-20-21-22-23-24-26-28-30-32-37-41-47-52(57)60-49(43-38-34-31-29-27-25-16-14-12-10-8-6-4-2)44-39-35-33-36-40-46-51(56)55-50(53(58)59)45-42-48-54/h5-8,11-14,17-18,20-21,23-25,27,31,34,49-50H,3-4,9-10,15-16,19,22,26,28-30,32-33,35-48,54H2,1-2H3,(H,55,56)(H,58,59)/b7-5-,8-6-,13-11-,14-12-,18-17-,21-20-,24-23-,27-25-,34-31-. The quantitative estimate of drug-likeness (QED) is 0.0321. The third-order valence-corrected chi connectivity index (χ3v) is 9.84. The Balaban J connectivity index is 4.44. The van der Waals surface area contributed by atoms with E-state index in [1.807, 2.05) is 0 Å². The van der Waals surface area contributed by atoms with Crippen LogP contribution in [0.15, 0.2) is 109 Å². The van der Waals surface area contributed by atoms with Crippen molar-refractivity contribution in [2.75, 3.05) is 6.54 Å². The fourth-order valence-corrected chi connectivity index (χ4v) is 6.35. The predicted molar refractivity (Wildman–Crippen MR) is 257 cm³/mol. The molecule has 0 rings (SSSR count). The van der Waals surface area contributed by atoms with Gasteiger partial charge in [-0.2, -0.15) is 0 Å². The molecule has 2 atom stereocenters. The number of carbonyl (C=O) groups is 3. The van der Waals surface area contributed by atoms with E-state index in [0.717, 1.165) is 135 Å². The smallest absolute Gasteiger partial charge is 0.326 e. The fraction of sp³-hybridized carbons (Fsp3) is 0.604. The van der Waals surface area contributed by atoms with Gasteiger partial charge in [0.2, 0.25) is 5.91 Å². The van der Waals surface area contributed by atoms with Crippen molar-refractivity contribution in [3.8, 4) is 0 Å². The lowest BCUT2D eigenvalue weighted by Crippen LogP contribution is -2.40. The molecule has 0 aliphatic rings. The van der Waals surface area contributed by atoms with Crippen LogP contribution >= 0.6 is 0 Å². The number of carboxylic acid groups (broad SMARTS) is 1. The zero-order chi connectivity index (χ0) is 43.8. The normalized spacial score (nSPS) is 13.7. The van der Waals surface area contributed by atoms with Gasteiger partial charge in [-0.15, -0.1) is 0 Å². The fourth-order valence-electron chi connectivity index (χ4n) is 6.35. The van der Waals surface area contributed by atoms with Crippen LogP contribution in [0.5, 0.6) is 0 Å². The van der Waals surface area contributed by atoms with E-state index >= 15 is 0 Å². The molecule has 0 radical (unpaired) electrons. The van der Waals surface area contributed by atoms with Crippen molar-refractivity contribution in [3.05, 3.63) is 109 Å². The van der Waals surface area contributed by atoms with Crippen LogP contribution in [-0.2, 0) is 19.1 Å². The highest BCUT2D eigenvalue weighted by Gasteiger charge is 2.19. The topological polar surface area (TPSA) is 119 Å². The number of nitrogens with two attached hydrogens (primary N) is 1. The molecule has 338 valence electrons. The molecule has 1 amide bonds. The zero-order valence-electron chi connectivity index (χ0n) is 38.0. The number of esters is 1. The first kappa shape index (κ1) is 56.0. The molecule has 7 heteroatoms. The molecule has 0 aromatic rings. The van der Waals surface area contributed by atoms with Gasteiger partial charge in [0.05, 0.1) is 0 Å². The van der Waals surface area contributed by atoms with Gasteiger partial charge in [-0.3, -0.25) is 9.59 Å². The molecule has 60 heavy (non-hydrogen) atoms. The van der Waals surface area contributed by atoms with Gasteiger partial charge in [0.15, 0.2) is 0 Å². The average molecular weight is 831 g/mol. The molecule has 2 unspecified atom stereocenters. The molecule has 0 heterocycles. The molecule has 4 N–H and O–H groups in total. The molecule has 0 aliphatic carbocycles. The van der Waals surface area contributed by atoms with Crippen molar-refractivity contribution in [2.24, 2.45) is 5.73 Å². The number of ether oxygens (including phenoxy) is 1. The van der Waals surface area contributed by atoms with E-state index in [1.165, 1.54) is 12.8 Å². The molecule has 0 saturated heterocycles. The summed E-state index contributed by atoms with van der Waals surface area (Å²) in [5, 5.41) is 11.9. The monoisotopic (exact) mass is 831 g/mol. The summed E-state index contributed by atoms with van der Waals surface area (Å²) in [6, 6.07) is -0.872. The third-order valence-electron chi connectivity index (χ3n) is 9.84. The third kappa shape index (κ3) is 42.2. The van der Waals surface area contributed by atoms with Crippen LogP contribution in [0.4, 0.5) is 0 Å². The molecule has 0 aromatic heterocycles. The molecule has 0 fully saturated rings. The van der Waals surface area contributed by atoms with Crippen molar-refractivity contribution in [1.29, 1.82) is 0 Å². The summed E-state index contributed by atoms with van der Waals surface area (Å²) in [5.74, 6) is -1.32. The summed E-state index contributed by atoms with van der Waals surface area (Å²) < 4.78 is 6.01. The number of unbranched alkanes of at least 4 members (excludes halogenated alkanes) is 9. The first-order chi connectivity index (χ1) is 29.4. The highest BCUT2D eigenvalue weighted by molar-refractivity contribution is 5.83. The summed E-state index contributed by atoms with van der Waals surface area (Å²) in [6.07, 6.45) is 64.2. The first-order valence-electron chi connectivity index (χ1n) is 23.7. The van der Waals surface area contributed by atoms with Gasteiger partial charge in [-0.05, 0) is 129 Å². The SMILES string of the molecule is CC/C=C\C/C=C\C/C=C\C/C=C\C/C=C\CCCCCCCC(=O)OC(CC/C=C\C/C=C\C/C=C\C/C=C\CC)CCCCCCCC(=O)NC(CCCN)C(=O)O. The summed E-state index contributed by atoms with van der Waals surface area (Å²) in [4.78, 5) is 36.5. The Bertz CT molecular complexity index is 1300. The van der Waals surface area contributed by atoms with Crippen LogP contribution in [0.25, 0.3) is 0 Å². The first-order valence-corrected chi connectivity index (χ1v) is 23.7. The van der Waals surface area contributed by atoms with Crippen molar-refractivity contribution in [1.82, 2.24) is 5.32 Å². The van der Waals surface area contributed by atoms with Gasteiger partial charge in [-0.25, -0.2) is 4.79 Å². The van der Waals surface area contributed by atoms with E-state index in [4.69, 9.17) is 10.5 Å². The largest absolute Gasteiger partial charge is 0.480 e. The maximum absolute atomic E-state index is 12.8. The highest BCUT2D eigenvalue weighted by atomic mass is 16.5. The Morgan fingerprint density at radius 1 is 0.483 bits per heavy atom. The number of carbonyl (C=O) groups excluding carboxylic acids is 2. The minimum atomic E-state index is -1.02. The van der Waals surface area contributed by atoms with E-state index in [9.17, 15) is 19.5 Å². The number of aliphatic carboxylic acids is 1. The maximum Gasteiger partial charge on any atom is 0.326 e. The second-order valence-electron chi connectivity index (χ2n) is 15.4. The Labute approximate surface area is 367 Å². The molecular formula is C53H86N2O5. The lowest BCUT2D eigenvalue weighted by Gasteiger charge is -2.17. The highest BCUT2D eigenvalue weighted by Crippen LogP contribution is 2.17. The second-order valence-corrected chi connectivity index (χ2v) is 15.4. The molecule has 0 saturated carbocycles. The Kier molecular flexibility index (Phi) is 43.1. The second kappa shape index (κ2) is 46.1. The van der Waals surface area contributed by atoms with Crippen LogP contribution in [0.3, 0.4) is 0 Å². The molecule has 0 spiro atoms. The summed E-state index contributed by atoms with van der Waals surface area (Å²) in [7, 11) is 0. The number of hydrogen-bond acceptors (Lipinski definition) is 5.